The monoisotopic (exact) mass is 287 g/mol. The first-order chi connectivity index (χ1) is 10.4. The highest BCUT2D eigenvalue weighted by molar-refractivity contribution is 5.80. The standard InChI is InChI=1S/C17H25N3O/c1-2-8-18-12-14-13-20(10-7-15-5-4-11-21-15)17-16(14)6-3-9-19-17/h3,6,9,13,15,18H,2,4-5,7-8,10-12H2,1H3. The van der Waals surface area contributed by atoms with Gasteiger partial charge in [-0.2, -0.15) is 0 Å². The molecule has 114 valence electrons. The number of rotatable bonds is 7. The Kier molecular flexibility index (Phi) is 4.88. The van der Waals surface area contributed by atoms with E-state index in [4.69, 9.17) is 4.74 Å². The van der Waals surface area contributed by atoms with Crippen molar-refractivity contribution < 1.29 is 4.74 Å². The number of fused-ring (bicyclic) bond motifs is 1. The van der Waals surface area contributed by atoms with E-state index >= 15 is 0 Å². The Morgan fingerprint density at radius 1 is 1.48 bits per heavy atom. The highest BCUT2D eigenvalue weighted by atomic mass is 16.5. The minimum absolute atomic E-state index is 0.438. The molecule has 0 bridgehead atoms. The smallest absolute Gasteiger partial charge is 0.140 e. The van der Waals surface area contributed by atoms with Gasteiger partial charge in [0.1, 0.15) is 5.65 Å². The molecule has 2 aromatic rings. The maximum Gasteiger partial charge on any atom is 0.140 e. The van der Waals surface area contributed by atoms with Crippen molar-refractivity contribution in [2.24, 2.45) is 0 Å². The number of pyridine rings is 1. The van der Waals surface area contributed by atoms with Crippen LogP contribution >= 0.6 is 0 Å². The van der Waals surface area contributed by atoms with Gasteiger partial charge in [0.25, 0.3) is 0 Å². The van der Waals surface area contributed by atoms with Crippen LogP contribution in [-0.2, 0) is 17.8 Å². The summed E-state index contributed by atoms with van der Waals surface area (Å²) in [6, 6.07) is 4.20. The van der Waals surface area contributed by atoms with Crippen molar-refractivity contribution in [3.8, 4) is 0 Å². The van der Waals surface area contributed by atoms with E-state index in [0.717, 1.165) is 44.7 Å². The highest BCUT2D eigenvalue weighted by Gasteiger charge is 2.16. The molecular formula is C17H25N3O. The van der Waals surface area contributed by atoms with Gasteiger partial charge in [0.15, 0.2) is 0 Å². The fourth-order valence-corrected chi connectivity index (χ4v) is 3.06. The van der Waals surface area contributed by atoms with Gasteiger partial charge in [0.05, 0.1) is 6.10 Å². The molecule has 3 heterocycles. The third-order valence-corrected chi connectivity index (χ3v) is 4.17. The van der Waals surface area contributed by atoms with E-state index in [2.05, 4.69) is 34.1 Å². The van der Waals surface area contributed by atoms with Gasteiger partial charge in [-0.05, 0) is 49.9 Å². The molecule has 4 nitrogen and oxygen atoms in total. The Morgan fingerprint density at radius 3 is 3.24 bits per heavy atom. The van der Waals surface area contributed by atoms with Crippen LogP contribution in [0, 0.1) is 0 Å². The number of aromatic nitrogens is 2. The van der Waals surface area contributed by atoms with Gasteiger partial charge in [-0.1, -0.05) is 6.92 Å². The fourth-order valence-electron chi connectivity index (χ4n) is 3.06. The lowest BCUT2D eigenvalue weighted by molar-refractivity contribution is 0.101. The molecule has 1 aliphatic heterocycles. The maximum absolute atomic E-state index is 5.73. The third kappa shape index (κ3) is 3.44. The molecule has 0 saturated carbocycles. The molecule has 21 heavy (non-hydrogen) atoms. The second-order valence-electron chi connectivity index (χ2n) is 5.82. The van der Waals surface area contributed by atoms with E-state index in [0.29, 0.717) is 6.10 Å². The van der Waals surface area contributed by atoms with Crippen LogP contribution in [-0.4, -0.2) is 28.8 Å². The van der Waals surface area contributed by atoms with E-state index in [-0.39, 0.29) is 0 Å². The van der Waals surface area contributed by atoms with Crippen molar-refractivity contribution in [3.63, 3.8) is 0 Å². The van der Waals surface area contributed by atoms with Crippen LogP contribution in [0.2, 0.25) is 0 Å². The molecule has 3 rings (SSSR count). The Balaban J connectivity index is 1.74. The Hall–Kier alpha value is -1.39. The van der Waals surface area contributed by atoms with Crippen molar-refractivity contribution in [1.29, 1.82) is 0 Å². The summed E-state index contributed by atoms with van der Waals surface area (Å²) in [5.41, 5.74) is 2.45. The lowest BCUT2D eigenvalue weighted by Gasteiger charge is -2.10. The first kappa shape index (κ1) is 14.5. The molecule has 0 aliphatic carbocycles. The van der Waals surface area contributed by atoms with Crippen molar-refractivity contribution in [2.45, 2.75) is 51.8 Å². The molecule has 0 spiro atoms. The molecule has 1 fully saturated rings. The number of nitrogens with zero attached hydrogens (tertiary/aromatic N) is 2. The van der Waals surface area contributed by atoms with E-state index in [1.807, 2.05) is 12.3 Å². The average Bonchev–Trinajstić information content (AvgIpc) is 3.14. The highest BCUT2D eigenvalue weighted by Crippen LogP contribution is 2.22. The summed E-state index contributed by atoms with van der Waals surface area (Å²) in [7, 11) is 0. The summed E-state index contributed by atoms with van der Waals surface area (Å²) in [4.78, 5) is 4.57. The van der Waals surface area contributed by atoms with Gasteiger partial charge in [-0.15, -0.1) is 0 Å². The van der Waals surface area contributed by atoms with E-state index < -0.39 is 0 Å². The first-order valence-electron chi connectivity index (χ1n) is 8.13. The van der Waals surface area contributed by atoms with E-state index in [9.17, 15) is 0 Å². The Labute approximate surface area is 126 Å². The second-order valence-corrected chi connectivity index (χ2v) is 5.82. The van der Waals surface area contributed by atoms with Gasteiger partial charge >= 0.3 is 0 Å². The largest absolute Gasteiger partial charge is 0.378 e. The predicted octanol–water partition coefficient (Wildman–Crippen LogP) is 3.11. The summed E-state index contributed by atoms with van der Waals surface area (Å²) in [5.74, 6) is 0. The van der Waals surface area contributed by atoms with Gasteiger partial charge < -0.3 is 14.6 Å². The summed E-state index contributed by atoms with van der Waals surface area (Å²) in [5, 5.41) is 4.76. The maximum atomic E-state index is 5.73. The third-order valence-electron chi connectivity index (χ3n) is 4.17. The van der Waals surface area contributed by atoms with Crippen LogP contribution < -0.4 is 5.32 Å². The number of nitrogens with one attached hydrogen (secondary N) is 1. The normalized spacial score (nSPS) is 18.6. The van der Waals surface area contributed by atoms with Crippen molar-refractivity contribution in [3.05, 3.63) is 30.1 Å². The number of hydrogen-bond donors (Lipinski definition) is 1. The van der Waals surface area contributed by atoms with Crippen LogP contribution in [0.3, 0.4) is 0 Å². The number of ether oxygens (including phenoxy) is 1. The van der Waals surface area contributed by atoms with Crippen molar-refractivity contribution >= 4 is 11.0 Å². The number of aryl methyl sites for hydroxylation is 1. The molecule has 4 heteroatoms. The van der Waals surface area contributed by atoms with Crippen LogP contribution in [0.1, 0.15) is 38.2 Å². The van der Waals surface area contributed by atoms with E-state index in [1.165, 1.54) is 23.8 Å². The lowest BCUT2D eigenvalue weighted by atomic mass is 10.2. The van der Waals surface area contributed by atoms with Crippen molar-refractivity contribution in [2.75, 3.05) is 13.2 Å². The fraction of sp³-hybridized carbons (Fsp3) is 0.588. The predicted molar refractivity (Wildman–Crippen MR) is 85.3 cm³/mol. The van der Waals surface area contributed by atoms with Crippen LogP contribution in [0.4, 0.5) is 0 Å². The summed E-state index contributed by atoms with van der Waals surface area (Å²) in [6.07, 6.45) is 9.24. The van der Waals surface area contributed by atoms with Crippen LogP contribution in [0.15, 0.2) is 24.5 Å². The summed E-state index contributed by atoms with van der Waals surface area (Å²) < 4.78 is 8.02. The quantitative estimate of drug-likeness (QED) is 0.795. The Morgan fingerprint density at radius 2 is 2.43 bits per heavy atom. The molecule has 1 N–H and O–H groups in total. The topological polar surface area (TPSA) is 39.1 Å². The second kappa shape index (κ2) is 7.05. The summed E-state index contributed by atoms with van der Waals surface area (Å²) in [6.45, 7) is 6.10. The lowest BCUT2D eigenvalue weighted by Crippen LogP contribution is -2.13. The first-order valence-corrected chi connectivity index (χ1v) is 8.13. The summed E-state index contributed by atoms with van der Waals surface area (Å²) >= 11 is 0. The van der Waals surface area contributed by atoms with Gasteiger partial charge in [-0.25, -0.2) is 4.98 Å². The molecule has 1 atom stereocenters. The molecule has 0 amide bonds. The molecular weight excluding hydrogens is 262 g/mol. The van der Waals surface area contributed by atoms with Gasteiger partial charge in [-0.3, -0.25) is 0 Å². The molecule has 1 saturated heterocycles. The van der Waals surface area contributed by atoms with Gasteiger partial charge in [0, 0.05) is 37.5 Å². The zero-order valence-electron chi connectivity index (χ0n) is 12.8. The molecule has 0 aromatic carbocycles. The van der Waals surface area contributed by atoms with Crippen molar-refractivity contribution in [1.82, 2.24) is 14.9 Å². The number of hydrogen-bond acceptors (Lipinski definition) is 3. The minimum Gasteiger partial charge on any atom is -0.378 e. The molecule has 1 aliphatic rings. The molecule has 0 radical (unpaired) electrons. The average molecular weight is 287 g/mol. The Bertz CT molecular complexity index is 572. The molecule has 2 aromatic heterocycles. The van der Waals surface area contributed by atoms with Crippen LogP contribution in [0.5, 0.6) is 0 Å². The van der Waals surface area contributed by atoms with E-state index in [1.54, 1.807) is 0 Å². The van der Waals surface area contributed by atoms with Crippen LogP contribution in [0.25, 0.3) is 11.0 Å². The zero-order valence-corrected chi connectivity index (χ0v) is 12.8. The molecule has 1 unspecified atom stereocenters. The minimum atomic E-state index is 0.438. The SMILES string of the molecule is CCCNCc1cn(CCC2CCCO2)c2ncccc12. The van der Waals surface area contributed by atoms with Gasteiger partial charge in [0.2, 0.25) is 0 Å². The zero-order chi connectivity index (χ0) is 14.5.